The summed E-state index contributed by atoms with van der Waals surface area (Å²) in [5, 5.41) is 0. The molecule has 10 heteroatoms. The molecule has 0 radical (unpaired) electrons. The van der Waals surface area contributed by atoms with Crippen molar-refractivity contribution in [3.63, 3.8) is 0 Å². The number of hydrogen-bond acceptors (Lipinski definition) is 8. The van der Waals surface area contributed by atoms with Crippen LogP contribution in [0.3, 0.4) is 0 Å². The van der Waals surface area contributed by atoms with Crippen molar-refractivity contribution >= 4 is 19.8 Å². The lowest BCUT2D eigenvalue weighted by atomic mass is 10.0. The van der Waals surface area contributed by atoms with E-state index < -0.39 is 26.5 Å². The SMILES string of the molecule is CC/C=C\C/C=C\C/C=C\C/C=C\C/C=C\C/C=C\CCCCCCCCCCCCCCC(=O)OC(COC(=O)CCCCCCCCCCCCCCCCCCCC)COP(=O)(O)OCCN. The van der Waals surface area contributed by atoms with Crippen molar-refractivity contribution < 1.29 is 37.6 Å². The molecule has 9 nitrogen and oxygen atoms in total. The normalized spacial score (nSPS) is 13.6. The third kappa shape index (κ3) is 54.8. The maximum absolute atomic E-state index is 12.7. The molecule has 0 fully saturated rings. The van der Waals surface area contributed by atoms with E-state index in [9.17, 15) is 19.0 Å². The van der Waals surface area contributed by atoms with E-state index in [1.54, 1.807) is 0 Å². The molecule has 0 aliphatic carbocycles. The highest BCUT2D eigenvalue weighted by atomic mass is 31.2. The van der Waals surface area contributed by atoms with Gasteiger partial charge in [-0.15, -0.1) is 0 Å². The van der Waals surface area contributed by atoms with Gasteiger partial charge >= 0.3 is 19.8 Å². The lowest BCUT2D eigenvalue weighted by molar-refractivity contribution is -0.161. The highest BCUT2D eigenvalue weighted by molar-refractivity contribution is 7.47. The van der Waals surface area contributed by atoms with Crippen molar-refractivity contribution in [2.24, 2.45) is 5.73 Å². The number of carbonyl (C=O) groups excluding carboxylic acids is 2. The van der Waals surface area contributed by atoms with E-state index >= 15 is 0 Å². The maximum Gasteiger partial charge on any atom is 0.472 e. The van der Waals surface area contributed by atoms with Crippen molar-refractivity contribution in [1.29, 1.82) is 0 Å². The summed E-state index contributed by atoms with van der Waals surface area (Å²) in [5.74, 6) is -0.821. The number of rotatable bonds is 54. The fraction of sp³-hybridized carbons (Fsp3) is 0.767. The molecule has 70 heavy (non-hydrogen) atoms. The van der Waals surface area contributed by atoms with Crippen molar-refractivity contribution in [2.45, 2.75) is 270 Å². The standard InChI is InChI=1S/C60H108NO8P/c1-3-5-7-9-11-13-15-17-19-21-23-24-25-26-27-28-29-30-31-32-33-34-35-37-39-41-43-45-47-49-51-53-60(63)69-58(57-68-70(64,65)67-55-54-61)56-66-59(62)52-50-48-46-44-42-40-38-36-22-20-18-16-14-12-10-8-6-4-2/h5,7,11,13,17,19,23-24,26-27,29-30,58H,3-4,6,8-10,12,14-16,18,20-22,25,28,31-57,61H2,1-2H3,(H,64,65)/b7-5-,13-11-,19-17-,24-23-,27-26-,30-29-. The Bertz CT molecular complexity index is 1370. The minimum absolute atomic E-state index is 0.0523. The third-order valence-corrected chi connectivity index (χ3v) is 13.3. The third-order valence-electron chi connectivity index (χ3n) is 12.4. The molecule has 0 amide bonds. The molecule has 406 valence electrons. The van der Waals surface area contributed by atoms with Crippen LogP contribution in [0.25, 0.3) is 0 Å². The predicted octanol–water partition coefficient (Wildman–Crippen LogP) is 18.1. The van der Waals surface area contributed by atoms with Crippen LogP contribution in [0.15, 0.2) is 72.9 Å². The maximum atomic E-state index is 12.7. The summed E-state index contributed by atoms with van der Waals surface area (Å²) in [4.78, 5) is 35.2. The lowest BCUT2D eigenvalue weighted by Gasteiger charge is -2.19. The lowest BCUT2D eigenvalue weighted by Crippen LogP contribution is -2.29. The van der Waals surface area contributed by atoms with Gasteiger partial charge in [0, 0.05) is 19.4 Å². The molecule has 3 N–H and O–H groups in total. The van der Waals surface area contributed by atoms with Crippen LogP contribution in [0.1, 0.15) is 264 Å². The molecule has 0 saturated carbocycles. The number of esters is 2. The number of phosphoric ester groups is 1. The van der Waals surface area contributed by atoms with Crippen LogP contribution in [0, 0.1) is 0 Å². The minimum Gasteiger partial charge on any atom is -0.462 e. The van der Waals surface area contributed by atoms with Crippen molar-refractivity contribution in [3.8, 4) is 0 Å². The summed E-state index contributed by atoms with van der Waals surface area (Å²) >= 11 is 0. The van der Waals surface area contributed by atoms with Crippen molar-refractivity contribution in [3.05, 3.63) is 72.9 Å². The van der Waals surface area contributed by atoms with Gasteiger partial charge in [-0.1, -0.05) is 260 Å². The molecule has 0 saturated heterocycles. The quantitative estimate of drug-likeness (QED) is 0.0264. The number of hydrogen-bond donors (Lipinski definition) is 2. The van der Waals surface area contributed by atoms with E-state index in [0.717, 1.165) is 77.0 Å². The van der Waals surface area contributed by atoms with E-state index in [-0.39, 0.29) is 38.6 Å². The fourth-order valence-corrected chi connectivity index (χ4v) is 8.88. The van der Waals surface area contributed by atoms with Gasteiger partial charge in [-0.3, -0.25) is 18.6 Å². The summed E-state index contributed by atoms with van der Waals surface area (Å²) in [6, 6.07) is 0. The summed E-state index contributed by atoms with van der Waals surface area (Å²) in [6.07, 6.45) is 70.9. The Morgan fingerprint density at radius 1 is 0.443 bits per heavy atom. The monoisotopic (exact) mass is 1000 g/mol. The van der Waals surface area contributed by atoms with Crippen LogP contribution in [0.2, 0.25) is 0 Å². The van der Waals surface area contributed by atoms with Gasteiger partial charge in [-0.25, -0.2) is 4.57 Å². The van der Waals surface area contributed by atoms with Crippen LogP contribution < -0.4 is 5.73 Å². The first-order chi connectivity index (χ1) is 34.3. The van der Waals surface area contributed by atoms with E-state index in [1.807, 2.05) is 0 Å². The topological polar surface area (TPSA) is 134 Å². The van der Waals surface area contributed by atoms with Gasteiger partial charge in [0.1, 0.15) is 6.61 Å². The Kier molecular flexibility index (Phi) is 53.7. The van der Waals surface area contributed by atoms with Crippen molar-refractivity contribution in [2.75, 3.05) is 26.4 Å². The Morgan fingerprint density at radius 3 is 1.17 bits per heavy atom. The van der Waals surface area contributed by atoms with Gasteiger partial charge in [-0.2, -0.15) is 0 Å². The zero-order chi connectivity index (χ0) is 51.0. The second-order valence-electron chi connectivity index (χ2n) is 19.1. The number of nitrogens with two attached hydrogens (primary N) is 1. The number of ether oxygens (including phenoxy) is 2. The number of allylic oxidation sites excluding steroid dienone is 12. The molecule has 0 aromatic carbocycles. The van der Waals surface area contributed by atoms with Crippen LogP contribution >= 0.6 is 7.82 Å². The Balaban J connectivity index is 3.96. The van der Waals surface area contributed by atoms with Gasteiger partial charge in [0.25, 0.3) is 0 Å². The number of carbonyl (C=O) groups is 2. The molecule has 0 spiro atoms. The smallest absolute Gasteiger partial charge is 0.462 e. The molecule has 0 aromatic heterocycles. The number of unbranched alkanes of at least 4 members (excludes halogenated alkanes) is 29. The Morgan fingerprint density at radius 2 is 0.786 bits per heavy atom. The van der Waals surface area contributed by atoms with E-state index in [4.69, 9.17) is 24.3 Å². The van der Waals surface area contributed by atoms with Crippen LogP contribution in [-0.4, -0.2) is 49.3 Å². The molecule has 0 aliphatic heterocycles. The molecule has 0 rings (SSSR count). The second kappa shape index (κ2) is 55.8. The van der Waals surface area contributed by atoms with Crippen molar-refractivity contribution in [1.82, 2.24) is 0 Å². The summed E-state index contributed by atoms with van der Waals surface area (Å²) in [5.41, 5.74) is 5.38. The Labute approximate surface area is 431 Å². The molecule has 0 bridgehead atoms. The van der Waals surface area contributed by atoms with Gasteiger partial charge in [0.05, 0.1) is 13.2 Å². The molecule has 2 unspecified atom stereocenters. The molecule has 0 aliphatic rings. The highest BCUT2D eigenvalue weighted by Crippen LogP contribution is 2.43. The zero-order valence-corrected chi connectivity index (χ0v) is 46.1. The van der Waals surface area contributed by atoms with E-state index in [0.29, 0.717) is 6.42 Å². The summed E-state index contributed by atoms with van der Waals surface area (Å²) < 4.78 is 33.0. The predicted molar refractivity (Wildman–Crippen MR) is 298 cm³/mol. The summed E-state index contributed by atoms with van der Waals surface area (Å²) in [7, 11) is -4.39. The average Bonchev–Trinajstić information content (AvgIpc) is 3.35. The minimum atomic E-state index is -4.39. The van der Waals surface area contributed by atoms with E-state index in [1.165, 1.54) is 154 Å². The molecule has 0 aromatic rings. The first-order valence-corrected chi connectivity index (χ1v) is 30.4. The molecule has 0 heterocycles. The van der Waals surface area contributed by atoms with Crippen LogP contribution in [0.5, 0.6) is 0 Å². The first-order valence-electron chi connectivity index (χ1n) is 28.9. The Hall–Kier alpha value is -2.55. The van der Waals surface area contributed by atoms with Gasteiger partial charge in [0.2, 0.25) is 0 Å². The van der Waals surface area contributed by atoms with Gasteiger partial charge in [0.15, 0.2) is 6.10 Å². The summed E-state index contributed by atoms with van der Waals surface area (Å²) in [6.45, 7) is 3.66. The molecular weight excluding hydrogens is 894 g/mol. The van der Waals surface area contributed by atoms with Crippen LogP contribution in [0.4, 0.5) is 0 Å². The largest absolute Gasteiger partial charge is 0.472 e. The van der Waals surface area contributed by atoms with Gasteiger partial charge in [-0.05, 0) is 64.2 Å². The zero-order valence-electron chi connectivity index (χ0n) is 45.2. The van der Waals surface area contributed by atoms with Crippen LogP contribution in [-0.2, 0) is 32.7 Å². The van der Waals surface area contributed by atoms with Gasteiger partial charge < -0.3 is 20.1 Å². The molecular formula is C60H108NO8P. The first kappa shape index (κ1) is 67.5. The second-order valence-corrected chi connectivity index (χ2v) is 20.6. The fourth-order valence-electron chi connectivity index (χ4n) is 8.11. The molecule has 2 atom stereocenters. The number of phosphoric acid groups is 1. The van der Waals surface area contributed by atoms with E-state index in [2.05, 4.69) is 86.8 Å². The highest BCUT2D eigenvalue weighted by Gasteiger charge is 2.26. The average molecular weight is 1000 g/mol.